The van der Waals surface area contributed by atoms with Crippen LogP contribution in [0.1, 0.15) is 32.0 Å². The predicted molar refractivity (Wildman–Crippen MR) is 126 cm³/mol. The van der Waals surface area contributed by atoms with Crippen molar-refractivity contribution in [3.8, 4) is 0 Å². The number of thioether (sulfide) groups is 1. The quantitative estimate of drug-likeness (QED) is 0.255. The van der Waals surface area contributed by atoms with Gasteiger partial charge in [0.05, 0.1) is 11.3 Å². The molecule has 4 rings (SSSR count). The van der Waals surface area contributed by atoms with Crippen molar-refractivity contribution in [1.82, 2.24) is 4.98 Å². The molecule has 0 fully saturated rings. The average molecular weight is 445 g/mol. The summed E-state index contributed by atoms with van der Waals surface area (Å²) in [6.45, 7) is 3.66. The Morgan fingerprint density at radius 2 is 1.72 bits per heavy atom. The van der Waals surface area contributed by atoms with Crippen molar-refractivity contribution in [2.45, 2.75) is 18.9 Å². The molecule has 0 atom stereocenters. The lowest BCUT2D eigenvalue weighted by Gasteiger charge is -2.13. The maximum Gasteiger partial charge on any atom is 0.347 e. The second kappa shape index (κ2) is 9.20. The van der Waals surface area contributed by atoms with Crippen molar-refractivity contribution in [3.63, 3.8) is 0 Å². The van der Waals surface area contributed by atoms with Crippen LogP contribution in [0, 0.1) is 13.8 Å². The Kier molecular flexibility index (Phi) is 6.18. The molecule has 4 aromatic rings. The van der Waals surface area contributed by atoms with Gasteiger partial charge in [-0.2, -0.15) is 0 Å². The third kappa shape index (κ3) is 4.63. The van der Waals surface area contributed by atoms with Crippen molar-refractivity contribution in [2.75, 3.05) is 11.1 Å². The van der Waals surface area contributed by atoms with Crippen molar-refractivity contribution >= 4 is 40.1 Å². The molecule has 0 aliphatic carbocycles. The second-order valence-electron chi connectivity index (χ2n) is 7.28. The average Bonchev–Trinajstić information content (AvgIpc) is 2.77. The van der Waals surface area contributed by atoms with Gasteiger partial charge in [-0.05, 0) is 49.7 Å². The lowest BCUT2D eigenvalue weighted by Crippen LogP contribution is -2.18. The summed E-state index contributed by atoms with van der Waals surface area (Å²) in [5, 5.41) is 3.98. The Morgan fingerprint density at radius 1 is 1.00 bits per heavy atom. The monoisotopic (exact) mass is 444 g/mol. The number of benzene rings is 2. The van der Waals surface area contributed by atoms with E-state index in [9.17, 15) is 14.4 Å². The molecule has 0 saturated heterocycles. The van der Waals surface area contributed by atoms with Crippen molar-refractivity contribution in [1.29, 1.82) is 0 Å². The van der Waals surface area contributed by atoms with Crippen LogP contribution in [0.25, 0.3) is 11.0 Å². The number of fused-ring (bicyclic) bond motifs is 1. The topological polar surface area (TPSA) is 89.3 Å². The van der Waals surface area contributed by atoms with Crippen LogP contribution in [0.2, 0.25) is 0 Å². The number of aryl methyl sites for hydroxylation is 2. The molecule has 160 valence electrons. The molecule has 7 heteroatoms. The highest BCUT2D eigenvalue weighted by Crippen LogP contribution is 2.26. The normalized spacial score (nSPS) is 10.8. The zero-order chi connectivity index (χ0) is 22.7. The number of ketones is 1. The van der Waals surface area contributed by atoms with Gasteiger partial charge in [-0.25, -0.2) is 9.78 Å². The first kappa shape index (κ1) is 21.5. The Hall–Kier alpha value is -3.71. The summed E-state index contributed by atoms with van der Waals surface area (Å²) in [6.07, 6.45) is 0. The molecule has 0 spiro atoms. The minimum atomic E-state index is -0.676. The highest BCUT2D eigenvalue weighted by molar-refractivity contribution is 8.00. The van der Waals surface area contributed by atoms with Crippen molar-refractivity contribution in [2.24, 2.45) is 0 Å². The maximum absolute atomic E-state index is 13.0. The number of rotatable bonds is 6. The number of nitrogens with zero attached hydrogens (tertiary/aromatic N) is 1. The summed E-state index contributed by atoms with van der Waals surface area (Å²) in [6, 6.07) is 19.5. The molecule has 0 bridgehead atoms. The summed E-state index contributed by atoms with van der Waals surface area (Å²) in [7, 11) is 0. The Bertz CT molecular complexity index is 1380. The first-order valence-corrected chi connectivity index (χ1v) is 10.9. The van der Waals surface area contributed by atoms with Crippen LogP contribution in [0.5, 0.6) is 0 Å². The lowest BCUT2D eigenvalue weighted by molar-refractivity contribution is 0.101. The van der Waals surface area contributed by atoms with E-state index in [2.05, 4.69) is 10.3 Å². The van der Waals surface area contributed by atoms with Crippen LogP contribution in [-0.4, -0.2) is 22.4 Å². The number of carbonyl (C=O) groups is 2. The Balaban J connectivity index is 1.59. The smallest absolute Gasteiger partial charge is 0.347 e. The van der Waals surface area contributed by atoms with E-state index in [0.717, 1.165) is 23.0 Å². The highest BCUT2D eigenvalue weighted by atomic mass is 32.2. The zero-order valence-corrected chi connectivity index (χ0v) is 18.4. The third-order valence-electron chi connectivity index (χ3n) is 4.85. The van der Waals surface area contributed by atoms with E-state index < -0.39 is 5.63 Å². The Labute approximate surface area is 188 Å². The zero-order valence-electron chi connectivity index (χ0n) is 17.5. The molecule has 0 saturated carbocycles. The summed E-state index contributed by atoms with van der Waals surface area (Å²) in [5.41, 5.74) is 2.30. The molecule has 2 heterocycles. The summed E-state index contributed by atoms with van der Waals surface area (Å²) < 4.78 is 5.27. The lowest BCUT2D eigenvalue weighted by atomic mass is 10.1. The van der Waals surface area contributed by atoms with Crippen LogP contribution in [0.3, 0.4) is 0 Å². The molecule has 32 heavy (non-hydrogen) atoms. The van der Waals surface area contributed by atoms with Crippen molar-refractivity contribution in [3.05, 3.63) is 99.5 Å². The molecular weight excluding hydrogens is 424 g/mol. The van der Waals surface area contributed by atoms with E-state index >= 15 is 0 Å². The first-order valence-electron chi connectivity index (χ1n) is 9.96. The molecule has 6 nitrogen and oxygen atoms in total. The molecule has 0 radical (unpaired) electrons. The van der Waals surface area contributed by atoms with E-state index in [4.69, 9.17) is 4.42 Å². The number of aromatic nitrogens is 1. The Morgan fingerprint density at radius 3 is 2.50 bits per heavy atom. The molecule has 2 aromatic heterocycles. The standard InChI is InChI=1S/C25H20N2O4S/c1-15-12-16(2)26-24(22(15)23(29)27-18-9-4-3-5-10-18)32-14-20(28)19-13-17-8-6-7-11-21(17)31-25(19)30/h3-13H,14H2,1-2H3,(H,27,29). The van der Waals surface area contributed by atoms with E-state index in [1.807, 2.05) is 44.2 Å². The molecule has 0 aliphatic rings. The molecular formula is C25H20N2O4S. The number of para-hydroxylation sites is 2. The third-order valence-corrected chi connectivity index (χ3v) is 5.83. The molecule has 2 aromatic carbocycles. The molecule has 1 amide bonds. The van der Waals surface area contributed by atoms with Gasteiger partial charge < -0.3 is 9.73 Å². The number of nitrogens with one attached hydrogen (secondary N) is 1. The fourth-order valence-corrected chi connectivity index (χ4v) is 4.40. The predicted octanol–water partition coefficient (Wildman–Crippen LogP) is 5.03. The SMILES string of the molecule is Cc1cc(C)c(C(=O)Nc2ccccc2)c(SCC(=O)c2cc3ccccc3oc2=O)n1. The van der Waals surface area contributed by atoms with E-state index in [0.29, 0.717) is 27.2 Å². The second-order valence-corrected chi connectivity index (χ2v) is 8.24. The first-order chi connectivity index (χ1) is 15.4. The van der Waals surface area contributed by atoms with Crippen LogP contribution in [0.4, 0.5) is 5.69 Å². The molecule has 0 unspecified atom stereocenters. The van der Waals surface area contributed by atoms with Crippen LogP contribution in [-0.2, 0) is 0 Å². The highest BCUT2D eigenvalue weighted by Gasteiger charge is 2.20. The maximum atomic E-state index is 13.0. The van der Waals surface area contributed by atoms with Gasteiger partial charge in [0.2, 0.25) is 0 Å². The van der Waals surface area contributed by atoms with E-state index in [-0.39, 0.29) is 23.0 Å². The van der Waals surface area contributed by atoms with Gasteiger partial charge >= 0.3 is 5.63 Å². The largest absolute Gasteiger partial charge is 0.422 e. The minimum absolute atomic E-state index is 0.0177. The van der Waals surface area contributed by atoms with Crippen LogP contribution in [0.15, 0.2) is 81.0 Å². The molecule has 1 N–H and O–H groups in total. The number of pyridine rings is 1. The van der Waals surface area contributed by atoms with E-state index in [1.54, 1.807) is 36.4 Å². The van der Waals surface area contributed by atoms with Crippen LogP contribution >= 0.6 is 11.8 Å². The van der Waals surface area contributed by atoms with Gasteiger partial charge in [0.1, 0.15) is 16.2 Å². The number of hydrogen-bond donors (Lipinski definition) is 1. The van der Waals surface area contributed by atoms with Gasteiger partial charge in [-0.15, -0.1) is 0 Å². The number of Topliss-reactive ketones (excluding diaryl/α,β-unsaturated/α-hetero) is 1. The van der Waals surface area contributed by atoms with Gasteiger partial charge in [-0.3, -0.25) is 9.59 Å². The minimum Gasteiger partial charge on any atom is -0.422 e. The summed E-state index contributed by atoms with van der Waals surface area (Å²) >= 11 is 1.13. The number of amides is 1. The van der Waals surface area contributed by atoms with Gasteiger partial charge in [0.15, 0.2) is 5.78 Å². The number of carbonyl (C=O) groups excluding carboxylic acids is 2. The van der Waals surface area contributed by atoms with Crippen LogP contribution < -0.4 is 10.9 Å². The summed E-state index contributed by atoms with van der Waals surface area (Å²) in [4.78, 5) is 42.6. The van der Waals surface area contributed by atoms with E-state index in [1.165, 1.54) is 0 Å². The number of anilines is 1. The van der Waals surface area contributed by atoms with Crippen molar-refractivity contribution < 1.29 is 14.0 Å². The number of hydrogen-bond acceptors (Lipinski definition) is 6. The van der Waals surface area contributed by atoms with Gasteiger partial charge in [-0.1, -0.05) is 48.2 Å². The fraction of sp³-hybridized carbons (Fsp3) is 0.120. The van der Waals surface area contributed by atoms with Gasteiger partial charge in [0, 0.05) is 16.8 Å². The van der Waals surface area contributed by atoms with Gasteiger partial charge in [0.25, 0.3) is 5.91 Å². The summed E-state index contributed by atoms with van der Waals surface area (Å²) in [5.74, 6) is -0.740. The molecule has 0 aliphatic heterocycles. The fourth-order valence-electron chi connectivity index (χ4n) is 3.37.